The minimum Gasteiger partial charge on any atom is -0.439 e. The Kier molecular flexibility index (Phi) is 2.88. The van der Waals surface area contributed by atoms with Crippen molar-refractivity contribution in [1.82, 2.24) is 10.0 Å². The zero-order chi connectivity index (χ0) is 8.97. The van der Waals surface area contributed by atoms with Crippen molar-refractivity contribution in [2.75, 3.05) is 14.1 Å². The predicted molar refractivity (Wildman–Crippen MR) is 44.7 cm³/mol. The van der Waals surface area contributed by atoms with Gasteiger partial charge in [0, 0.05) is 20.3 Å². The highest BCUT2D eigenvalue weighted by atomic mass is 16.5. The molecular weight excluding hydrogens is 156 g/mol. The number of carbonyl (C=O) groups excluding carboxylic acids is 1. The molecular formula is C8H12N2O2. The number of ether oxygens (including phenoxy) is 1. The zero-order valence-corrected chi connectivity index (χ0v) is 7.18. The van der Waals surface area contributed by atoms with Crippen LogP contribution in [0, 0.1) is 0 Å². The maximum Gasteiger partial charge on any atom is 0.295 e. The Balaban J connectivity index is 2.63. The molecule has 0 aromatic carbocycles. The highest BCUT2D eigenvalue weighted by Crippen LogP contribution is 2.09. The molecule has 0 aromatic heterocycles. The summed E-state index contributed by atoms with van der Waals surface area (Å²) in [5.74, 6) is 0. The fourth-order valence-corrected chi connectivity index (χ4v) is 0.996. The number of hydrazine groups is 1. The van der Waals surface area contributed by atoms with Crippen LogP contribution < -0.4 is 0 Å². The largest absolute Gasteiger partial charge is 0.439 e. The molecule has 0 aromatic rings. The van der Waals surface area contributed by atoms with Crippen LogP contribution in [0.2, 0.25) is 0 Å². The third-order valence-electron chi connectivity index (χ3n) is 1.54. The first-order valence-electron chi connectivity index (χ1n) is 3.65. The van der Waals surface area contributed by atoms with E-state index in [4.69, 9.17) is 4.74 Å². The van der Waals surface area contributed by atoms with E-state index in [-0.39, 0.29) is 6.23 Å². The van der Waals surface area contributed by atoms with Gasteiger partial charge in [-0.3, -0.25) is 9.80 Å². The molecule has 0 saturated carbocycles. The fraction of sp³-hybridized carbons (Fsp3) is 0.375. The lowest BCUT2D eigenvalue weighted by molar-refractivity contribution is -0.146. The summed E-state index contributed by atoms with van der Waals surface area (Å²) in [5, 5.41) is 3.64. The van der Waals surface area contributed by atoms with E-state index < -0.39 is 0 Å². The minimum atomic E-state index is -0.317. The molecule has 1 aliphatic heterocycles. The Labute approximate surface area is 71.7 Å². The topological polar surface area (TPSA) is 32.8 Å². The van der Waals surface area contributed by atoms with Gasteiger partial charge in [0.2, 0.25) is 6.23 Å². The molecule has 0 bridgehead atoms. The Bertz CT molecular complexity index is 211. The van der Waals surface area contributed by atoms with Crippen molar-refractivity contribution in [3.05, 3.63) is 24.4 Å². The van der Waals surface area contributed by atoms with Gasteiger partial charge < -0.3 is 4.74 Å². The van der Waals surface area contributed by atoms with Crippen molar-refractivity contribution >= 4 is 6.47 Å². The first kappa shape index (κ1) is 8.80. The summed E-state index contributed by atoms with van der Waals surface area (Å²) in [4.78, 5) is 10.1. The van der Waals surface area contributed by atoms with Crippen LogP contribution in [0.1, 0.15) is 0 Å². The van der Waals surface area contributed by atoms with Crippen molar-refractivity contribution in [2.45, 2.75) is 6.23 Å². The van der Waals surface area contributed by atoms with E-state index in [1.807, 2.05) is 37.5 Å². The first-order chi connectivity index (χ1) is 5.75. The summed E-state index contributed by atoms with van der Waals surface area (Å²) in [6.45, 7) is 0.449. The molecule has 0 spiro atoms. The number of carbonyl (C=O) groups is 1. The molecule has 1 unspecified atom stereocenters. The maximum atomic E-state index is 10.1. The molecule has 4 heteroatoms. The average Bonchev–Trinajstić information content (AvgIpc) is 2.05. The molecule has 0 aliphatic carbocycles. The quantitative estimate of drug-likeness (QED) is 0.569. The monoisotopic (exact) mass is 168 g/mol. The number of hydrogen-bond donors (Lipinski definition) is 0. The lowest BCUT2D eigenvalue weighted by Crippen LogP contribution is -2.42. The molecule has 0 saturated heterocycles. The van der Waals surface area contributed by atoms with Crippen LogP contribution in [0.15, 0.2) is 24.4 Å². The highest BCUT2D eigenvalue weighted by molar-refractivity contribution is 5.38. The molecule has 12 heavy (non-hydrogen) atoms. The van der Waals surface area contributed by atoms with E-state index in [1.165, 1.54) is 0 Å². The number of allylic oxidation sites excluding steroid dienone is 2. The fourth-order valence-electron chi connectivity index (χ4n) is 0.996. The molecule has 0 amide bonds. The Morgan fingerprint density at radius 3 is 2.83 bits per heavy atom. The summed E-state index contributed by atoms with van der Waals surface area (Å²) in [7, 11) is 3.76. The zero-order valence-electron chi connectivity index (χ0n) is 7.18. The molecule has 1 atom stereocenters. The van der Waals surface area contributed by atoms with E-state index in [1.54, 1.807) is 11.1 Å². The van der Waals surface area contributed by atoms with Gasteiger partial charge in [0.1, 0.15) is 0 Å². The smallest absolute Gasteiger partial charge is 0.295 e. The van der Waals surface area contributed by atoms with Crippen LogP contribution in [0.25, 0.3) is 0 Å². The van der Waals surface area contributed by atoms with Gasteiger partial charge in [-0.2, -0.15) is 0 Å². The van der Waals surface area contributed by atoms with Crippen molar-refractivity contribution in [2.24, 2.45) is 0 Å². The lowest BCUT2D eigenvalue weighted by Gasteiger charge is -2.33. The third kappa shape index (κ3) is 1.85. The van der Waals surface area contributed by atoms with Gasteiger partial charge in [0.05, 0.1) is 0 Å². The standard InChI is InChI=1S/C8H12N2O2/c1-9(2)10-6-4-3-5-8(10)12-7-11/h3-8H,1-2H3. The molecule has 1 heterocycles. The summed E-state index contributed by atoms with van der Waals surface area (Å²) in [6, 6.07) is 0. The van der Waals surface area contributed by atoms with Gasteiger partial charge in [0.15, 0.2) is 0 Å². The predicted octanol–water partition coefficient (Wildman–Crippen LogP) is 0.348. The van der Waals surface area contributed by atoms with E-state index >= 15 is 0 Å². The molecule has 0 fully saturated rings. The van der Waals surface area contributed by atoms with Gasteiger partial charge >= 0.3 is 0 Å². The Morgan fingerprint density at radius 1 is 1.50 bits per heavy atom. The van der Waals surface area contributed by atoms with Crippen LogP contribution >= 0.6 is 0 Å². The van der Waals surface area contributed by atoms with Crippen LogP contribution in [-0.4, -0.2) is 36.8 Å². The van der Waals surface area contributed by atoms with Crippen LogP contribution in [0.4, 0.5) is 0 Å². The Hall–Kier alpha value is -1.29. The maximum absolute atomic E-state index is 10.1. The number of nitrogens with zero attached hydrogens (tertiary/aromatic N) is 2. The van der Waals surface area contributed by atoms with E-state index in [0.717, 1.165) is 0 Å². The molecule has 0 N–H and O–H groups in total. The van der Waals surface area contributed by atoms with Crippen molar-refractivity contribution < 1.29 is 9.53 Å². The first-order valence-corrected chi connectivity index (χ1v) is 3.65. The summed E-state index contributed by atoms with van der Waals surface area (Å²) in [5.41, 5.74) is 0. The van der Waals surface area contributed by atoms with Crippen molar-refractivity contribution in [1.29, 1.82) is 0 Å². The van der Waals surface area contributed by atoms with Crippen LogP contribution in [0.5, 0.6) is 0 Å². The number of hydrogen-bond acceptors (Lipinski definition) is 4. The van der Waals surface area contributed by atoms with Crippen molar-refractivity contribution in [3.8, 4) is 0 Å². The van der Waals surface area contributed by atoms with Crippen LogP contribution in [-0.2, 0) is 9.53 Å². The SMILES string of the molecule is CN(C)N1C=CC=CC1OC=O. The third-order valence-corrected chi connectivity index (χ3v) is 1.54. The van der Waals surface area contributed by atoms with Gasteiger partial charge in [0.25, 0.3) is 6.47 Å². The molecule has 66 valence electrons. The van der Waals surface area contributed by atoms with Gasteiger partial charge in [-0.1, -0.05) is 6.08 Å². The summed E-state index contributed by atoms with van der Waals surface area (Å²) in [6.07, 6.45) is 7.05. The van der Waals surface area contributed by atoms with E-state index in [2.05, 4.69) is 0 Å². The van der Waals surface area contributed by atoms with E-state index in [9.17, 15) is 4.79 Å². The molecule has 4 nitrogen and oxygen atoms in total. The number of rotatable bonds is 3. The van der Waals surface area contributed by atoms with Gasteiger partial charge in [-0.15, -0.1) is 0 Å². The Morgan fingerprint density at radius 2 is 2.25 bits per heavy atom. The highest BCUT2D eigenvalue weighted by Gasteiger charge is 2.16. The minimum absolute atomic E-state index is 0.317. The van der Waals surface area contributed by atoms with Gasteiger partial charge in [-0.05, 0) is 12.2 Å². The normalized spacial score (nSPS) is 21.6. The second-order valence-corrected chi connectivity index (χ2v) is 2.58. The van der Waals surface area contributed by atoms with Crippen LogP contribution in [0.3, 0.4) is 0 Å². The molecule has 1 rings (SSSR count). The second-order valence-electron chi connectivity index (χ2n) is 2.58. The van der Waals surface area contributed by atoms with Gasteiger partial charge in [-0.25, -0.2) is 5.01 Å². The average molecular weight is 168 g/mol. The molecule has 1 aliphatic rings. The molecule has 0 radical (unpaired) electrons. The van der Waals surface area contributed by atoms with Crippen molar-refractivity contribution in [3.63, 3.8) is 0 Å². The van der Waals surface area contributed by atoms with E-state index in [0.29, 0.717) is 6.47 Å². The summed E-state index contributed by atoms with van der Waals surface area (Å²) >= 11 is 0. The second kappa shape index (κ2) is 3.92. The summed E-state index contributed by atoms with van der Waals surface area (Å²) < 4.78 is 4.82. The lowest BCUT2D eigenvalue weighted by atomic mass is 10.3.